The van der Waals surface area contributed by atoms with E-state index in [4.69, 9.17) is 0 Å². The molecule has 0 aliphatic rings. The summed E-state index contributed by atoms with van der Waals surface area (Å²) < 4.78 is 0. The number of H-pyrrole nitrogens is 1. The first-order valence-electron chi connectivity index (χ1n) is 8.54. The molecule has 2 rings (SSSR count). The molecule has 7 heteroatoms. The molecule has 0 saturated carbocycles. The van der Waals surface area contributed by atoms with E-state index in [0.717, 1.165) is 17.5 Å². The zero-order chi connectivity index (χ0) is 18.3. The van der Waals surface area contributed by atoms with Gasteiger partial charge in [0.05, 0.1) is 5.60 Å². The average Bonchev–Trinajstić information content (AvgIpc) is 3.11. The molecule has 1 aromatic heterocycles. The van der Waals surface area contributed by atoms with Crippen molar-refractivity contribution in [1.82, 2.24) is 25.8 Å². The van der Waals surface area contributed by atoms with Crippen molar-refractivity contribution < 1.29 is 9.90 Å². The zero-order valence-electron chi connectivity index (χ0n) is 15.0. The SMILES string of the molecule is CC(C)CCC(C)(O)CNC(=O)NCc1cccc(-c2ncn[nH]2)c1. The minimum atomic E-state index is -0.895. The number of aromatic amines is 1. The predicted molar refractivity (Wildman–Crippen MR) is 96.8 cm³/mol. The van der Waals surface area contributed by atoms with Gasteiger partial charge in [-0.3, -0.25) is 5.10 Å². The fourth-order valence-electron chi connectivity index (χ4n) is 2.38. The number of urea groups is 1. The molecule has 0 spiro atoms. The first-order chi connectivity index (χ1) is 11.9. The quantitative estimate of drug-likeness (QED) is 0.590. The predicted octanol–water partition coefficient (Wildman–Crippen LogP) is 2.46. The molecule has 2 amide bonds. The van der Waals surface area contributed by atoms with Crippen LogP contribution in [-0.4, -0.2) is 38.5 Å². The lowest BCUT2D eigenvalue weighted by molar-refractivity contribution is 0.0476. The molecule has 25 heavy (non-hydrogen) atoms. The summed E-state index contributed by atoms with van der Waals surface area (Å²) in [6, 6.07) is 7.41. The van der Waals surface area contributed by atoms with E-state index in [-0.39, 0.29) is 12.6 Å². The molecule has 136 valence electrons. The Labute approximate surface area is 148 Å². The maximum Gasteiger partial charge on any atom is 0.315 e. The summed E-state index contributed by atoms with van der Waals surface area (Å²) in [5.41, 5.74) is 0.970. The van der Waals surface area contributed by atoms with Crippen molar-refractivity contribution >= 4 is 6.03 Å². The van der Waals surface area contributed by atoms with Gasteiger partial charge in [-0.25, -0.2) is 9.78 Å². The van der Waals surface area contributed by atoms with Crippen LogP contribution in [0.3, 0.4) is 0 Å². The molecule has 0 aliphatic heterocycles. The maximum absolute atomic E-state index is 12.0. The molecule has 4 N–H and O–H groups in total. The number of benzene rings is 1. The fourth-order valence-corrected chi connectivity index (χ4v) is 2.38. The highest BCUT2D eigenvalue weighted by molar-refractivity contribution is 5.74. The molecule has 0 fully saturated rings. The summed E-state index contributed by atoms with van der Waals surface area (Å²) in [5, 5.41) is 22.5. The number of carbonyl (C=O) groups is 1. The number of nitrogens with one attached hydrogen (secondary N) is 3. The van der Waals surface area contributed by atoms with Gasteiger partial charge in [-0.15, -0.1) is 0 Å². The number of aliphatic hydroxyl groups is 1. The largest absolute Gasteiger partial charge is 0.388 e. The molecule has 1 heterocycles. The summed E-state index contributed by atoms with van der Waals surface area (Å²) in [7, 11) is 0. The topological polar surface area (TPSA) is 103 Å². The monoisotopic (exact) mass is 345 g/mol. The number of aromatic nitrogens is 3. The number of amides is 2. The Hall–Kier alpha value is -2.41. The normalized spacial score (nSPS) is 13.5. The van der Waals surface area contributed by atoms with Gasteiger partial charge >= 0.3 is 6.03 Å². The van der Waals surface area contributed by atoms with Crippen molar-refractivity contribution in [2.24, 2.45) is 5.92 Å². The van der Waals surface area contributed by atoms with Crippen LogP contribution in [0, 0.1) is 5.92 Å². The van der Waals surface area contributed by atoms with Gasteiger partial charge in [0.15, 0.2) is 5.82 Å². The van der Waals surface area contributed by atoms with Crippen LogP contribution in [0.5, 0.6) is 0 Å². The van der Waals surface area contributed by atoms with Crippen molar-refractivity contribution in [3.05, 3.63) is 36.2 Å². The third-order valence-electron chi connectivity index (χ3n) is 3.96. The van der Waals surface area contributed by atoms with Gasteiger partial charge < -0.3 is 15.7 Å². The van der Waals surface area contributed by atoms with E-state index in [9.17, 15) is 9.90 Å². The third-order valence-corrected chi connectivity index (χ3v) is 3.96. The summed E-state index contributed by atoms with van der Waals surface area (Å²) in [5.74, 6) is 1.21. The summed E-state index contributed by atoms with van der Waals surface area (Å²) in [4.78, 5) is 16.1. The van der Waals surface area contributed by atoms with Crippen LogP contribution in [0.15, 0.2) is 30.6 Å². The van der Waals surface area contributed by atoms with Gasteiger partial charge in [-0.05, 0) is 37.3 Å². The van der Waals surface area contributed by atoms with Crippen LogP contribution in [0.4, 0.5) is 4.79 Å². The van der Waals surface area contributed by atoms with E-state index in [2.05, 4.69) is 39.7 Å². The number of carbonyl (C=O) groups excluding carboxylic acids is 1. The van der Waals surface area contributed by atoms with Crippen molar-refractivity contribution in [1.29, 1.82) is 0 Å². The zero-order valence-corrected chi connectivity index (χ0v) is 15.0. The van der Waals surface area contributed by atoms with Crippen LogP contribution in [0.2, 0.25) is 0 Å². The van der Waals surface area contributed by atoms with Crippen molar-refractivity contribution in [3.63, 3.8) is 0 Å². The van der Waals surface area contributed by atoms with Gasteiger partial charge in [0.1, 0.15) is 6.33 Å². The molecular formula is C18H27N5O2. The minimum absolute atomic E-state index is 0.226. The van der Waals surface area contributed by atoms with Gasteiger partial charge in [0, 0.05) is 18.7 Å². The highest BCUT2D eigenvalue weighted by atomic mass is 16.3. The van der Waals surface area contributed by atoms with E-state index in [1.54, 1.807) is 6.92 Å². The van der Waals surface area contributed by atoms with Gasteiger partial charge in [-0.1, -0.05) is 32.0 Å². The van der Waals surface area contributed by atoms with E-state index in [1.165, 1.54) is 6.33 Å². The van der Waals surface area contributed by atoms with Crippen LogP contribution in [0.25, 0.3) is 11.4 Å². The standard InChI is InChI=1S/C18H27N5O2/c1-13(2)7-8-18(3,25)11-20-17(24)19-10-14-5-4-6-15(9-14)16-21-12-22-23-16/h4-6,9,12-13,25H,7-8,10-11H2,1-3H3,(H2,19,20,24)(H,21,22,23). The number of hydrogen-bond acceptors (Lipinski definition) is 4. The Balaban J connectivity index is 1.79. The first-order valence-corrected chi connectivity index (χ1v) is 8.54. The lowest BCUT2D eigenvalue weighted by atomic mass is 9.95. The Kier molecular flexibility index (Phi) is 6.52. The highest BCUT2D eigenvalue weighted by Gasteiger charge is 2.21. The molecule has 0 radical (unpaired) electrons. The molecular weight excluding hydrogens is 318 g/mol. The molecule has 0 saturated heterocycles. The average molecular weight is 345 g/mol. The van der Waals surface area contributed by atoms with Gasteiger partial charge in [0.2, 0.25) is 0 Å². The van der Waals surface area contributed by atoms with Crippen LogP contribution >= 0.6 is 0 Å². The third kappa shape index (κ3) is 6.54. The molecule has 2 aromatic rings. The summed E-state index contributed by atoms with van der Waals surface area (Å²) in [6.07, 6.45) is 3.04. The second-order valence-electron chi connectivity index (χ2n) is 7.00. The summed E-state index contributed by atoms with van der Waals surface area (Å²) in [6.45, 7) is 6.59. The Morgan fingerprint density at radius 1 is 1.36 bits per heavy atom. The van der Waals surface area contributed by atoms with Gasteiger partial charge in [0.25, 0.3) is 0 Å². The smallest absolute Gasteiger partial charge is 0.315 e. The first kappa shape index (κ1) is 18.9. The van der Waals surface area contributed by atoms with Gasteiger partial charge in [-0.2, -0.15) is 5.10 Å². The maximum atomic E-state index is 12.0. The molecule has 1 atom stereocenters. The molecule has 0 bridgehead atoms. The van der Waals surface area contributed by atoms with Crippen molar-refractivity contribution in [2.45, 2.75) is 45.8 Å². The van der Waals surface area contributed by atoms with Crippen LogP contribution in [0.1, 0.15) is 39.2 Å². The number of nitrogens with zero attached hydrogens (tertiary/aromatic N) is 2. The van der Waals surface area contributed by atoms with E-state index in [1.807, 2.05) is 24.3 Å². The van der Waals surface area contributed by atoms with E-state index in [0.29, 0.717) is 24.7 Å². The number of rotatable bonds is 8. The lowest BCUT2D eigenvalue weighted by Gasteiger charge is -2.24. The van der Waals surface area contributed by atoms with E-state index >= 15 is 0 Å². The second-order valence-corrected chi connectivity index (χ2v) is 7.00. The summed E-state index contributed by atoms with van der Waals surface area (Å²) >= 11 is 0. The molecule has 1 unspecified atom stereocenters. The van der Waals surface area contributed by atoms with E-state index < -0.39 is 5.60 Å². The Morgan fingerprint density at radius 3 is 2.84 bits per heavy atom. The molecule has 0 aliphatic carbocycles. The van der Waals surface area contributed by atoms with Crippen LogP contribution < -0.4 is 10.6 Å². The fraction of sp³-hybridized carbons (Fsp3) is 0.500. The second kappa shape index (κ2) is 8.62. The minimum Gasteiger partial charge on any atom is -0.388 e. The lowest BCUT2D eigenvalue weighted by Crippen LogP contribution is -2.44. The van der Waals surface area contributed by atoms with Crippen molar-refractivity contribution in [3.8, 4) is 11.4 Å². The number of hydrogen-bond donors (Lipinski definition) is 4. The Bertz CT molecular complexity index is 668. The molecule has 7 nitrogen and oxygen atoms in total. The Morgan fingerprint density at radius 2 is 2.16 bits per heavy atom. The molecule has 1 aromatic carbocycles. The van der Waals surface area contributed by atoms with Crippen molar-refractivity contribution in [2.75, 3.05) is 6.54 Å². The van der Waals surface area contributed by atoms with Crippen LogP contribution in [-0.2, 0) is 6.54 Å². The highest BCUT2D eigenvalue weighted by Crippen LogP contribution is 2.16.